The fraction of sp³-hybridized carbons (Fsp3) is 0.474. The van der Waals surface area contributed by atoms with Crippen LogP contribution in [0.15, 0.2) is 36.5 Å². The van der Waals surface area contributed by atoms with Crippen LogP contribution in [0.3, 0.4) is 0 Å². The first-order valence-electron chi connectivity index (χ1n) is 8.49. The number of rotatable bonds is 3. The monoisotopic (exact) mass is 326 g/mol. The van der Waals surface area contributed by atoms with Crippen molar-refractivity contribution in [3.63, 3.8) is 0 Å². The lowest BCUT2D eigenvalue weighted by Gasteiger charge is -2.25. The van der Waals surface area contributed by atoms with Gasteiger partial charge in [0, 0.05) is 58.4 Å². The number of hydrogen-bond acceptors (Lipinski definition) is 4. The minimum atomic E-state index is 0.0283. The molecule has 2 aromatic rings. The highest BCUT2D eigenvalue weighted by Crippen LogP contribution is 2.20. The van der Waals surface area contributed by atoms with E-state index in [0.29, 0.717) is 0 Å². The van der Waals surface area contributed by atoms with E-state index in [-0.39, 0.29) is 11.8 Å². The summed E-state index contributed by atoms with van der Waals surface area (Å²) in [6.45, 7) is 4.45. The molecule has 0 radical (unpaired) electrons. The largest absolute Gasteiger partial charge is 0.348 e. The molecule has 1 amide bonds. The number of fused-ring (bicyclic) bond motifs is 1. The fourth-order valence-electron chi connectivity index (χ4n) is 3.44. The lowest BCUT2D eigenvalue weighted by molar-refractivity contribution is -0.133. The Hall–Kier alpha value is -1.98. The van der Waals surface area contributed by atoms with Crippen molar-refractivity contribution < 1.29 is 4.79 Å². The van der Waals surface area contributed by atoms with Gasteiger partial charge >= 0.3 is 0 Å². The third-order valence-corrected chi connectivity index (χ3v) is 4.73. The van der Waals surface area contributed by atoms with Gasteiger partial charge in [0.15, 0.2) is 0 Å². The molecule has 5 nitrogen and oxygen atoms in total. The highest BCUT2D eigenvalue weighted by molar-refractivity contribution is 5.82. The quantitative estimate of drug-likeness (QED) is 0.860. The maximum atomic E-state index is 12.5. The van der Waals surface area contributed by atoms with Gasteiger partial charge in [0.1, 0.15) is 0 Å². The molecule has 24 heavy (non-hydrogen) atoms. The Labute approximate surface area is 143 Å². The summed E-state index contributed by atoms with van der Waals surface area (Å²) in [7, 11) is 5.78. The van der Waals surface area contributed by atoms with Crippen molar-refractivity contribution in [3.05, 3.63) is 42.1 Å². The predicted octanol–water partition coefficient (Wildman–Crippen LogP) is 1.69. The molecule has 1 aliphatic heterocycles. The summed E-state index contributed by atoms with van der Waals surface area (Å²) >= 11 is 0. The summed E-state index contributed by atoms with van der Waals surface area (Å²) in [5.74, 6) is 0.244. The smallest absolute Gasteiger partial charge is 0.227 e. The van der Waals surface area contributed by atoms with Crippen molar-refractivity contribution in [2.24, 2.45) is 5.92 Å². The number of pyridine rings is 1. The third-order valence-electron chi connectivity index (χ3n) is 4.73. The summed E-state index contributed by atoms with van der Waals surface area (Å²) in [5.41, 5.74) is 2.31. The number of carbonyl (C=O) groups excluding carboxylic acids is 1. The molecule has 2 heterocycles. The van der Waals surface area contributed by atoms with Crippen molar-refractivity contribution >= 4 is 16.8 Å². The van der Waals surface area contributed by atoms with Crippen LogP contribution in [0.2, 0.25) is 0 Å². The van der Waals surface area contributed by atoms with Gasteiger partial charge in [-0.25, -0.2) is 0 Å². The Kier molecular flexibility index (Phi) is 5.11. The maximum Gasteiger partial charge on any atom is 0.227 e. The molecule has 0 aliphatic carbocycles. The van der Waals surface area contributed by atoms with Gasteiger partial charge in [-0.15, -0.1) is 0 Å². The first-order valence-corrected chi connectivity index (χ1v) is 8.49. The van der Waals surface area contributed by atoms with Crippen LogP contribution in [-0.4, -0.2) is 72.9 Å². The average molecular weight is 326 g/mol. The van der Waals surface area contributed by atoms with E-state index in [2.05, 4.69) is 40.0 Å². The van der Waals surface area contributed by atoms with E-state index in [9.17, 15) is 4.79 Å². The van der Waals surface area contributed by atoms with Crippen molar-refractivity contribution in [3.8, 4) is 0 Å². The molecule has 0 bridgehead atoms. The molecule has 1 aliphatic rings. The SMILES string of the molecule is CN1CCN(Cc2ccnc3ccccc23)CC(C(=O)N(C)C)C1. The molecule has 1 unspecified atom stereocenters. The van der Waals surface area contributed by atoms with Crippen LogP contribution in [0.1, 0.15) is 5.56 Å². The second-order valence-corrected chi connectivity index (χ2v) is 6.91. The van der Waals surface area contributed by atoms with Crippen LogP contribution in [0.25, 0.3) is 10.9 Å². The number of amides is 1. The average Bonchev–Trinajstić information content (AvgIpc) is 2.76. The second kappa shape index (κ2) is 7.28. The van der Waals surface area contributed by atoms with Crippen LogP contribution in [-0.2, 0) is 11.3 Å². The standard InChI is InChI=1S/C19H26N4O/c1-21(2)19(24)16-12-22(3)10-11-23(14-16)13-15-8-9-20-18-7-5-4-6-17(15)18/h4-9,16H,10-14H2,1-3H3. The maximum absolute atomic E-state index is 12.5. The van der Waals surface area contributed by atoms with Crippen molar-refractivity contribution in [2.75, 3.05) is 47.3 Å². The highest BCUT2D eigenvalue weighted by Gasteiger charge is 2.27. The molecule has 0 spiro atoms. The van der Waals surface area contributed by atoms with Crippen LogP contribution in [0.4, 0.5) is 0 Å². The molecular weight excluding hydrogens is 300 g/mol. The van der Waals surface area contributed by atoms with Crippen LogP contribution < -0.4 is 0 Å². The Bertz CT molecular complexity index is 710. The number of para-hydroxylation sites is 1. The van der Waals surface area contributed by atoms with E-state index in [1.54, 1.807) is 4.90 Å². The number of hydrogen-bond donors (Lipinski definition) is 0. The minimum absolute atomic E-state index is 0.0283. The zero-order valence-corrected chi connectivity index (χ0v) is 14.8. The molecule has 1 atom stereocenters. The number of likely N-dealkylation sites (N-methyl/N-ethyl adjacent to an activating group) is 1. The number of aromatic nitrogens is 1. The van der Waals surface area contributed by atoms with Gasteiger partial charge < -0.3 is 9.80 Å². The summed E-state index contributed by atoms with van der Waals surface area (Å²) in [6.07, 6.45) is 1.88. The first-order chi connectivity index (χ1) is 11.5. The molecule has 0 N–H and O–H groups in total. The Morgan fingerprint density at radius 2 is 2.00 bits per heavy atom. The van der Waals surface area contributed by atoms with Gasteiger partial charge in [-0.3, -0.25) is 14.7 Å². The molecule has 3 rings (SSSR count). The summed E-state index contributed by atoms with van der Waals surface area (Å²) < 4.78 is 0. The van der Waals surface area contributed by atoms with Crippen LogP contribution in [0, 0.1) is 5.92 Å². The highest BCUT2D eigenvalue weighted by atomic mass is 16.2. The van der Waals surface area contributed by atoms with Crippen molar-refractivity contribution in [1.82, 2.24) is 19.7 Å². The zero-order valence-electron chi connectivity index (χ0n) is 14.8. The molecular formula is C19H26N4O. The van der Waals surface area contributed by atoms with Crippen LogP contribution >= 0.6 is 0 Å². The molecule has 1 aromatic heterocycles. The van der Waals surface area contributed by atoms with Gasteiger partial charge in [-0.2, -0.15) is 0 Å². The van der Waals surface area contributed by atoms with E-state index >= 15 is 0 Å². The fourth-order valence-corrected chi connectivity index (χ4v) is 3.44. The van der Waals surface area contributed by atoms with Gasteiger partial charge in [-0.05, 0) is 24.7 Å². The number of carbonyl (C=O) groups is 1. The van der Waals surface area contributed by atoms with Gasteiger partial charge in [0.25, 0.3) is 0 Å². The van der Waals surface area contributed by atoms with Gasteiger partial charge in [0.05, 0.1) is 11.4 Å². The third kappa shape index (κ3) is 3.74. The summed E-state index contributed by atoms with van der Waals surface area (Å²) in [6, 6.07) is 10.4. The van der Waals surface area contributed by atoms with Gasteiger partial charge in [0.2, 0.25) is 5.91 Å². The molecule has 128 valence electrons. The van der Waals surface area contributed by atoms with E-state index in [4.69, 9.17) is 0 Å². The Balaban J connectivity index is 1.81. The lowest BCUT2D eigenvalue weighted by atomic mass is 10.1. The van der Waals surface area contributed by atoms with E-state index in [0.717, 1.165) is 38.2 Å². The summed E-state index contributed by atoms with van der Waals surface area (Å²) in [5, 5.41) is 1.20. The minimum Gasteiger partial charge on any atom is -0.348 e. The normalized spacial score (nSPS) is 20.0. The molecule has 0 saturated carbocycles. The van der Waals surface area contributed by atoms with Crippen LogP contribution in [0.5, 0.6) is 0 Å². The zero-order chi connectivity index (χ0) is 17.1. The first kappa shape index (κ1) is 16.9. The second-order valence-electron chi connectivity index (χ2n) is 6.91. The molecule has 1 fully saturated rings. The van der Waals surface area contributed by atoms with E-state index in [1.807, 2.05) is 32.4 Å². The molecule has 1 aromatic carbocycles. The predicted molar refractivity (Wildman–Crippen MR) is 96.7 cm³/mol. The van der Waals surface area contributed by atoms with Crippen molar-refractivity contribution in [1.29, 1.82) is 0 Å². The number of nitrogens with zero attached hydrogens (tertiary/aromatic N) is 4. The topological polar surface area (TPSA) is 39.7 Å². The van der Waals surface area contributed by atoms with Crippen molar-refractivity contribution in [2.45, 2.75) is 6.54 Å². The Morgan fingerprint density at radius 3 is 2.79 bits per heavy atom. The van der Waals surface area contributed by atoms with Gasteiger partial charge in [-0.1, -0.05) is 18.2 Å². The number of benzene rings is 1. The summed E-state index contributed by atoms with van der Waals surface area (Å²) in [4.78, 5) is 23.3. The molecule has 1 saturated heterocycles. The molecule has 5 heteroatoms. The van der Waals surface area contributed by atoms with E-state index < -0.39 is 0 Å². The van der Waals surface area contributed by atoms with E-state index in [1.165, 1.54) is 10.9 Å². The lowest BCUT2D eigenvalue weighted by Crippen LogP contribution is -2.40. The Morgan fingerprint density at radius 1 is 1.21 bits per heavy atom.